The van der Waals surface area contributed by atoms with Crippen LogP contribution in [0.1, 0.15) is 31.2 Å². The summed E-state index contributed by atoms with van der Waals surface area (Å²) in [7, 11) is 0. The molecule has 0 saturated carbocycles. The summed E-state index contributed by atoms with van der Waals surface area (Å²) in [5, 5.41) is 20.2. The van der Waals surface area contributed by atoms with Crippen molar-refractivity contribution in [1.82, 2.24) is 20.7 Å². The number of aliphatic hydroxyl groups excluding tert-OH is 1. The Hall–Kier alpha value is -1.48. The Labute approximate surface area is 147 Å². The third-order valence-electron chi connectivity index (χ3n) is 4.77. The first-order valence-electron chi connectivity index (χ1n) is 9.05. The predicted molar refractivity (Wildman–Crippen MR) is 90.9 cm³/mol. The van der Waals surface area contributed by atoms with Gasteiger partial charge in [-0.2, -0.15) is 0 Å². The van der Waals surface area contributed by atoms with Crippen molar-refractivity contribution in [2.45, 2.75) is 51.0 Å². The second-order valence-corrected chi connectivity index (χ2v) is 6.89. The number of aliphatic hydroxyl groups is 1. The number of hydrogen-bond acceptors (Lipinski definition) is 7. The van der Waals surface area contributed by atoms with Crippen LogP contribution in [-0.4, -0.2) is 72.1 Å². The summed E-state index contributed by atoms with van der Waals surface area (Å²) in [6, 6.07) is 2.00. The van der Waals surface area contributed by atoms with Crippen molar-refractivity contribution >= 4 is 5.91 Å². The van der Waals surface area contributed by atoms with E-state index in [1.165, 1.54) is 6.92 Å². The van der Waals surface area contributed by atoms with Crippen LogP contribution in [-0.2, 0) is 22.5 Å². The van der Waals surface area contributed by atoms with Gasteiger partial charge in [-0.05, 0) is 12.8 Å². The summed E-state index contributed by atoms with van der Waals surface area (Å²) in [6.07, 6.45) is 1.18. The van der Waals surface area contributed by atoms with E-state index in [-0.39, 0.29) is 18.1 Å². The SMILES string of the molecule is CC(=O)NC[C@H]1O[C@H](Cc2cc(CN3CCNCC3)on2)CC[C@@H]1O. The summed E-state index contributed by atoms with van der Waals surface area (Å²) < 4.78 is 11.4. The normalized spacial score (nSPS) is 28.0. The van der Waals surface area contributed by atoms with Gasteiger partial charge < -0.3 is 25.0 Å². The lowest BCUT2D eigenvalue weighted by Crippen LogP contribution is -2.46. The molecular weight excluding hydrogens is 324 g/mol. The first-order valence-corrected chi connectivity index (χ1v) is 9.05. The van der Waals surface area contributed by atoms with Crippen molar-refractivity contribution in [3.63, 3.8) is 0 Å². The van der Waals surface area contributed by atoms with Gasteiger partial charge in [-0.25, -0.2) is 0 Å². The lowest BCUT2D eigenvalue weighted by molar-refractivity contribution is -0.127. The number of hydrogen-bond donors (Lipinski definition) is 3. The van der Waals surface area contributed by atoms with E-state index >= 15 is 0 Å². The van der Waals surface area contributed by atoms with Crippen LogP contribution in [0.4, 0.5) is 0 Å². The van der Waals surface area contributed by atoms with Crippen LogP contribution < -0.4 is 10.6 Å². The Morgan fingerprint density at radius 1 is 1.44 bits per heavy atom. The molecule has 0 aromatic carbocycles. The molecule has 3 heterocycles. The minimum Gasteiger partial charge on any atom is -0.390 e. The molecule has 0 spiro atoms. The van der Waals surface area contributed by atoms with E-state index in [4.69, 9.17) is 9.26 Å². The first-order chi connectivity index (χ1) is 12.1. The summed E-state index contributed by atoms with van der Waals surface area (Å²) in [4.78, 5) is 13.4. The largest absolute Gasteiger partial charge is 0.390 e. The summed E-state index contributed by atoms with van der Waals surface area (Å²) in [5.41, 5.74) is 0.879. The monoisotopic (exact) mass is 352 g/mol. The van der Waals surface area contributed by atoms with Crippen molar-refractivity contribution in [2.75, 3.05) is 32.7 Å². The topological polar surface area (TPSA) is 99.9 Å². The molecule has 0 radical (unpaired) electrons. The number of piperazine rings is 1. The highest BCUT2D eigenvalue weighted by atomic mass is 16.5. The zero-order valence-corrected chi connectivity index (χ0v) is 14.7. The van der Waals surface area contributed by atoms with Crippen LogP contribution in [0.25, 0.3) is 0 Å². The molecule has 3 atom stereocenters. The van der Waals surface area contributed by atoms with E-state index in [0.717, 1.165) is 50.6 Å². The van der Waals surface area contributed by atoms with Crippen molar-refractivity contribution in [3.05, 3.63) is 17.5 Å². The first kappa shape index (κ1) is 18.3. The van der Waals surface area contributed by atoms with E-state index in [1.807, 2.05) is 6.07 Å². The fraction of sp³-hybridized carbons (Fsp3) is 0.765. The molecule has 0 aliphatic carbocycles. The van der Waals surface area contributed by atoms with Crippen molar-refractivity contribution in [1.29, 1.82) is 0 Å². The van der Waals surface area contributed by atoms with E-state index in [9.17, 15) is 9.90 Å². The maximum atomic E-state index is 11.1. The van der Waals surface area contributed by atoms with E-state index < -0.39 is 6.10 Å². The smallest absolute Gasteiger partial charge is 0.216 e. The average Bonchev–Trinajstić information content (AvgIpc) is 3.03. The van der Waals surface area contributed by atoms with Crippen molar-refractivity contribution in [3.8, 4) is 0 Å². The third kappa shape index (κ3) is 5.50. The Morgan fingerprint density at radius 3 is 3.00 bits per heavy atom. The lowest BCUT2D eigenvalue weighted by atomic mass is 9.98. The number of aromatic nitrogens is 1. The van der Waals surface area contributed by atoms with Crippen LogP contribution in [0.3, 0.4) is 0 Å². The molecule has 2 aliphatic rings. The highest BCUT2D eigenvalue weighted by molar-refractivity contribution is 5.72. The highest BCUT2D eigenvalue weighted by Gasteiger charge is 2.30. The van der Waals surface area contributed by atoms with Gasteiger partial charge in [0, 0.05) is 52.1 Å². The number of amides is 1. The number of nitrogens with one attached hydrogen (secondary N) is 2. The number of carbonyl (C=O) groups is 1. The number of nitrogens with zero attached hydrogens (tertiary/aromatic N) is 2. The molecule has 2 saturated heterocycles. The Kier molecular flexibility index (Phi) is 6.41. The van der Waals surface area contributed by atoms with E-state index in [0.29, 0.717) is 19.4 Å². The van der Waals surface area contributed by atoms with Crippen LogP contribution in [0, 0.1) is 0 Å². The second-order valence-electron chi connectivity index (χ2n) is 6.89. The van der Waals surface area contributed by atoms with Crippen molar-refractivity contribution in [2.24, 2.45) is 0 Å². The number of ether oxygens (including phenoxy) is 1. The van der Waals surface area contributed by atoms with E-state index in [2.05, 4.69) is 20.7 Å². The lowest BCUT2D eigenvalue weighted by Gasteiger charge is -2.33. The molecule has 1 amide bonds. The predicted octanol–water partition coefficient (Wildman–Crippen LogP) is -0.333. The summed E-state index contributed by atoms with van der Waals surface area (Å²) in [6.45, 7) is 6.63. The summed E-state index contributed by atoms with van der Waals surface area (Å²) >= 11 is 0. The Morgan fingerprint density at radius 2 is 2.24 bits per heavy atom. The summed E-state index contributed by atoms with van der Waals surface area (Å²) in [5.74, 6) is 0.759. The fourth-order valence-corrected chi connectivity index (χ4v) is 3.38. The van der Waals surface area contributed by atoms with Gasteiger partial charge in [0.25, 0.3) is 0 Å². The second kappa shape index (κ2) is 8.75. The van der Waals surface area contributed by atoms with Gasteiger partial charge in [-0.15, -0.1) is 0 Å². The molecule has 25 heavy (non-hydrogen) atoms. The molecule has 3 rings (SSSR count). The molecule has 8 nitrogen and oxygen atoms in total. The molecule has 1 aromatic rings. The highest BCUT2D eigenvalue weighted by Crippen LogP contribution is 2.22. The molecule has 0 bridgehead atoms. The molecule has 140 valence electrons. The zero-order valence-electron chi connectivity index (χ0n) is 14.7. The Bertz CT molecular complexity index is 559. The van der Waals surface area contributed by atoms with Crippen LogP contribution >= 0.6 is 0 Å². The maximum absolute atomic E-state index is 11.1. The Balaban J connectivity index is 1.49. The van der Waals surface area contributed by atoms with Gasteiger partial charge in [-0.3, -0.25) is 9.69 Å². The molecule has 3 N–H and O–H groups in total. The van der Waals surface area contributed by atoms with Crippen LogP contribution in [0.15, 0.2) is 10.6 Å². The van der Waals surface area contributed by atoms with Gasteiger partial charge >= 0.3 is 0 Å². The molecule has 2 fully saturated rings. The maximum Gasteiger partial charge on any atom is 0.216 e. The third-order valence-corrected chi connectivity index (χ3v) is 4.77. The minimum atomic E-state index is -0.538. The van der Waals surface area contributed by atoms with Crippen LogP contribution in [0.2, 0.25) is 0 Å². The molecule has 2 aliphatic heterocycles. The van der Waals surface area contributed by atoms with Gasteiger partial charge in [0.05, 0.1) is 24.4 Å². The van der Waals surface area contributed by atoms with Gasteiger partial charge in [0.1, 0.15) is 6.10 Å². The minimum absolute atomic E-state index is 0.0145. The van der Waals surface area contributed by atoms with Crippen molar-refractivity contribution < 1.29 is 19.2 Å². The molecule has 1 aromatic heterocycles. The fourth-order valence-electron chi connectivity index (χ4n) is 3.38. The quantitative estimate of drug-likeness (QED) is 0.644. The van der Waals surface area contributed by atoms with Crippen LogP contribution in [0.5, 0.6) is 0 Å². The van der Waals surface area contributed by atoms with E-state index in [1.54, 1.807) is 0 Å². The van der Waals surface area contributed by atoms with Gasteiger partial charge in [-0.1, -0.05) is 5.16 Å². The number of rotatable bonds is 6. The number of carbonyl (C=O) groups excluding carboxylic acids is 1. The molecule has 8 heteroatoms. The van der Waals surface area contributed by atoms with Gasteiger partial charge in [0.2, 0.25) is 5.91 Å². The molecular formula is C17H28N4O4. The zero-order chi connectivity index (χ0) is 17.6. The average molecular weight is 352 g/mol. The van der Waals surface area contributed by atoms with Gasteiger partial charge in [0.15, 0.2) is 5.76 Å². The molecule has 0 unspecified atom stereocenters. The standard InChI is InChI=1S/C17H28N4O4/c1-12(22)19-10-17-16(23)3-2-14(24-17)8-13-9-15(25-20-13)11-21-6-4-18-5-7-21/h9,14,16-18,23H,2-8,10-11H2,1H3,(H,19,22)/t14-,16-,17+/m0/s1.